The molecule has 0 spiro atoms. The summed E-state index contributed by atoms with van der Waals surface area (Å²) in [7, 11) is 0. The Morgan fingerprint density at radius 3 is 2.60 bits per heavy atom. The van der Waals surface area contributed by atoms with E-state index in [0.717, 1.165) is 0 Å². The molecule has 15 heavy (non-hydrogen) atoms. The van der Waals surface area contributed by atoms with Crippen LogP contribution in [0.3, 0.4) is 0 Å². The van der Waals surface area contributed by atoms with Crippen molar-refractivity contribution >= 4 is 11.7 Å². The predicted molar refractivity (Wildman–Crippen MR) is 56.6 cm³/mol. The van der Waals surface area contributed by atoms with E-state index in [1.165, 1.54) is 12.3 Å². The van der Waals surface area contributed by atoms with Gasteiger partial charge < -0.3 is 15.5 Å². The third-order valence-corrected chi connectivity index (χ3v) is 1.62. The van der Waals surface area contributed by atoms with Gasteiger partial charge in [-0.15, -0.1) is 0 Å². The molecule has 0 fully saturated rings. The molecule has 1 aromatic heterocycles. The topological polar surface area (TPSA) is 85.2 Å². The zero-order chi connectivity index (χ0) is 11.6. The minimum absolute atomic E-state index is 0.0914. The van der Waals surface area contributed by atoms with Gasteiger partial charge in [0, 0.05) is 6.20 Å². The summed E-state index contributed by atoms with van der Waals surface area (Å²) in [4.78, 5) is 25.1. The van der Waals surface area contributed by atoms with Crippen molar-refractivity contribution in [3.05, 3.63) is 28.2 Å². The number of aromatic nitrogens is 1. The molecule has 82 valence electrons. The van der Waals surface area contributed by atoms with E-state index in [0.29, 0.717) is 0 Å². The van der Waals surface area contributed by atoms with Crippen LogP contribution >= 0.6 is 0 Å². The fourth-order valence-electron chi connectivity index (χ4n) is 1.00. The first-order chi connectivity index (χ1) is 6.81. The SMILES string of the molecule is CC(C)(C)OC(=O)c1cc[nH]c(=O)c1N. The number of aromatic amines is 1. The van der Waals surface area contributed by atoms with Crippen LogP contribution < -0.4 is 11.3 Å². The van der Waals surface area contributed by atoms with Crippen molar-refractivity contribution in [2.24, 2.45) is 0 Å². The molecule has 1 heterocycles. The quantitative estimate of drug-likeness (QED) is 0.675. The monoisotopic (exact) mass is 210 g/mol. The maximum absolute atomic E-state index is 11.6. The Hall–Kier alpha value is -1.78. The number of hydrogen-bond acceptors (Lipinski definition) is 4. The van der Waals surface area contributed by atoms with Gasteiger partial charge in [0.15, 0.2) is 0 Å². The second-order valence-electron chi connectivity index (χ2n) is 4.14. The lowest BCUT2D eigenvalue weighted by Crippen LogP contribution is -2.26. The zero-order valence-corrected chi connectivity index (χ0v) is 8.96. The highest BCUT2D eigenvalue weighted by molar-refractivity contribution is 5.94. The minimum Gasteiger partial charge on any atom is -0.456 e. The molecular weight excluding hydrogens is 196 g/mol. The van der Waals surface area contributed by atoms with Crippen molar-refractivity contribution in [1.82, 2.24) is 4.98 Å². The standard InChI is InChI=1S/C10H14N2O3/c1-10(2,3)15-9(14)6-4-5-12-8(13)7(6)11/h4-5H,11H2,1-3H3,(H,12,13). The molecule has 0 saturated carbocycles. The Labute approximate surface area is 87.3 Å². The van der Waals surface area contributed by atoms with Gasteiger partial charge in [-0.1, -0.05) is 0 Å². The van der Waals surface area contributed by atoms with Gasteiger partial charge in [0.2, 0.25) is 0 Å². The number of esters is 1. The normalized spacial score (nSPS) is 11.1. The zero-order valence-electron chi connectivity index (χ0n) is 8.96. The van der Waals surface area contributed by atoms with Gasteiger partial charge in [-0.2, -0.15) is 0 Å². The molecule has 5 nitrogen and oxygen atoms in total. The molecule has 0 amide bonds. The number of rotatable bonds is 1. The molecule has 0 unspecified atom stereocenters. The van der Waals surface area contributed by atoms with Crippen molar-refractivity contribution in [2.75, 3.05) is 5.73 Å². The van der Waals surface area contributed by atoms with Gasteiger partial charge >= 0.3 is 5.97 Å². The van der Waals surface area contributed by atoms with Gasteiger partial charge in [0.1, 0.15) is 11.3 Å². The maximum Gasteiger partial charge on any atom is 0.341 e. The van der Waals surface area contributed by atoms with Crippen LogP contribution in [0.25, 0.3) is 0 Å². The molecule has 1 rings (SSSR count). The highest BCUT2D eigenvalue weighted by Crippen LogP contribution is 2.13. The van der Waals surface area contributed by atoms with Gasteiger partial charge in [-0.05, 0) is 26.8 Å². The number of hydrogen-bond donors (Lipinski definition) is 2. The van der Waals surface area contributed by atoms with E-state index in [-0.39, 0.29) is 11.3 Å². The van der Waals surface area contributed by atoms with Gasteiger partial charge in [0.25, 0.3) is 5.56 Å². The lowest BCUT2D eigenvalue weighted by molar-refractivity contribution is 0.00706. The highest BCUT2D eigenvalue weighted by Gasteiger charge is 2.20. The van der Waals surface area contributed by atoms with E-state index >= 15 is 0 Å². The summed E-state index contributed by atoms with van der Waals surface area (Å²) in [5.74, 6) is -0.592. The average molecular weight is 210 g/mol. The summed E-state index contributed by atoms with van der Waals surface area (Å²) < 4.78 is 5.09. The number of ether oxygens (including phenoxy) is 1. The molecule has 5 heteroatoms. The lowest BCUT2D eigenvalue weighted by Gasteiger charge is -2.19. The van der Waals surface area contributed by atoms with Crippen LogP contribution in [-0.2, 0) is 4.74 Å². The summed E-state index contributed by atoms with van der Waals surface area (Å²) in [5, 5.41) is 0. The Kier molecular flexibility index (Phi) is 2.83. The third-order valence-electron chi connectivity index (χ3n) is 1.62. The van der Waals surface area contributed by atoms with Crippen molar-refractivity contribution < 1.29 is 9.53 Å². The minimum atomic E-state index is -0.605. The number of nitrogen functional groups attached to an aromatic ring is 1. The van der Waals surface area contributed by atoms with Crippen molar-refractivity contribution in [3.63, 3.8) is 0 Å². The predicted octanol–water partition coefficient (Wildman–Crippen LogP) is 0.912. The van der Waals surface area contributed by atoms with Gasteiger partial charge in [-0.3, -0.25) is 4.79 Å². The van der Waals surface area contributed by atoms with Crippen LogP contribution in [0.15, 0.2) is 17.1 Å². The van der Waals surface area contributed by atoms with Gasteiger partial charge in [-0.25, -0.2) is 4.79 Å². The molecule has 1 aromatic rings. The number of anilines is 1. The Bertz CT molecular complexity index is 429. The molecule has 0 atom stereocenters. The molecule has 0 aliphatic rings. The Morgan fingerprint density at radius 1 is 1.47 bits per heavy atom. The molecule has 0 aromatic carbocycles. The van der Waals surface area contributed by atoms with Crippen LogP contribution in [0.1, 0.15) is 31.1 Å². The summed E-state index contributed by atoms with van der Waals surface area (Å²) in [5.41, 5.74) is 4.34. The summed E-state index contributed by atoms with van der Waals surface area (Å²) in [6.07, 6.45) is 1.36. The van der Waals surface area contributed by atoms with E-state index in [1.807, 2.05) is 0 Å². The molecule has 0 saturated heterocycles. The first-order valence-electron chi connectivity index (χ1n) is 4.52. The maximum atomic E-state index is 11.6. The van der Waals surface area contributed by atoms with E-state index in [4.69, 9.17) is 10.5 Å². The largest absolute Gasteiger partial charge is 0.456 e. The summed E-state index contributed by atoms with van der Waals surface area (Å²) in [6, 6.07) is 1.42. The summed E-state index contributed by atoms with van der Waals surface area (Å²) in [6.45, 7) is 5.23. The lowest BCUT2D eigenvalue weighted by atomic mass is 10.2. The molecule has 0 aliphatic heterocycles. The molecule has 3 N–H and O–H groups in total. The Balaban J connectivity index is 3.03. The van der Waals surface area contributed by atoms with E-state index in [9.17, 15) is 9.59 Å². The van der Waals surface area contributed by atoms with Crippen molar-refractivity contribution in [2.45, 2.75) is 26.4 Å². The third kappa shape index (κ3) is 2.83. The van der Waals surface area contributed by atoms with Crippen LogP contribution in [0.2, 0.25) is 0 Å². The number of carbonyl (C=O) groups excluding carboxylic acids is 1. The number of nitrogens with one attached hydrogen (secondary N) is 1. The van der Waals surface area contributed by atoms with Gasteiger partial charge in [0.05, 0.1) is 5.56 Å². The second kappa shape index (κ2) is 3.76. The molecule has 0 aliphatic carbocycles. The summed E-state index contributed by atoms with van der Waals surface area (Å²) >= 11 is 0. The number of carbonyl (C=O) groups is 1. The van der Waals surface area contributed by atoms with Crippen LogP contribution in [-0.4, -0.2) is 16.6 Å². The van der Waals surface area contributed by atoms with Crippen LogP contribution in [0.5, 0.6) is 0 Å². The fraction of sp³-hybridized carbons (Fsp3) is 0.400. The van der Waals surface area contributed by atoms with E-state index in [2.05, 4.69) is 4.98 Å². The van der Waals surface area contributed by atoms with Crippen LogP contribution in [0.4, 0.5) is 5.69 Å². The number of nitrogens with two attached hydrogens (primary N) is 1. The smallest absolute Gasteiger partial charge is 0.341 e. The number of H-pyrrole nitrogens is 1. The Morgan fingerprint density at radius 2 is 2.07 bits per heavy atom. The van der Waals surface area contributed by atoms with E-state index in [1.54, 1.807) is 20.8 Å². The fourth-order valence-corrected chi connectivity index (χ4v) is 1.00. The first-order valence-corrected chi connectivity index (χ1v) is 4.52. The van der Waals surface area contributed by atoms with Crippen molar-refractivity contribution in [3.8, 4) is 0 Å². The number of pyridine rings is 1. The van der Waals surface area contributed by atoms with Crippen molar-refractivity contribution in [1.29, 1.82) is 0 Å². The molecule has 0 radical (unpaired) electrons. The van der Waals surface area contributed by atoms with E-state index < -0.39 is 17.1 Å². The highest BCUT2D eigenvalue weighted by atomic mass is 16.6. The van der Waals surface area contributed by atoms with Crippen LogP contribution in [0, 0.1) is 0 Å². The average Bonchev–Trinajstić information content (AvgIpc) is 2.06. The second-order valence-corrected chi connectivity index (χ2v) is 4.14. The first kappa shape index (κ1) is 11.3. The molecular formula is C10H14N2O3. The molecule has 0 bridgehead atoms.